The van der Waals surface area contributed by atoms with Gasteiger partial charge in [0, 0.05) is 19.3 Å². The molecule has 2 aromatic rings. The number of nitrogens with zero attached hydrogens (tertiary/aromatic N) is 2. The van der Waals surface area contributed by atoms with E-state index < -0.39 is 0 Å². The molecule has 4 nitrogen and oxygen atoms in total. The Bertz CT molecular complexity index is 701. The van der Waals surface area contributed by atoms with E-state index in [4.69, 9.17) is 9.31 Å². The van der Waals surface area contributed by atoms with Crippen LogP contribution in [-0.4, -0.2) is 34.7 Å². The topological polar surface area (TPSA) is 34.6 Å². The van der Waals surface area contributed by atoms with E-state index in [0.717, 1.165) is 30.8 Å². The number of aromatic nitrogens is 1. The number of hydrogen-bond acceptors (Lipinski definition) is 4. The van der Waals surface area contributed by atoms with Gasteiger partial charge in [0.05, 0.1) is 16.9 Å². The van der Waals surface area contributed by atoms with E-state index in [1.807, 2.05) is 18.3 Å². The van der Waals surface area contributed by atoms with Crippen molar-refractivity contribution >= 4 is 12.6 Å². The van der Waals surface area contributed by atoms with Crippen molar-refractivity contribution in [1.29, 1.82) is 0 Å². The smallest absolute Gasteiger partial charge is 0.399 e. The maximum absolute atomic E-state index is 6.13. The third-order valence-electron chi connectivity index (χ3n) is 5.47. The second-order valence-corrected chi connectivity index (χ2v) is 7.95. The molecule has 0 amide bonds. The van der Waals surface area contributed by atoms with Gasteiger partial charge in [0.1, 0.15) is 0 Å². The van der Waals surface area contributed by atoms with Crippen LogP contribution in [0, 0.1) is 0 Å². The zero-order valence-electron chi connectivity index (χ0n) is 16.5. The lowest BCUT2D eigenvalue weighted by molar-refractivity contribution is 0.00578. The van der Waals surface area contributed by atoms with Crippen molar-refractivity contribution < 1.29 is 9.31 Å². The summed E-state index contributed by atoms with van der Waals surface area (Å²) in [6.07, 6.45) is 1.85. The quantitative estimate of drug-likeness (QED) is 0.747. The van der Waals surface area contributed by atoms with E-state index in [1.165, 1.54) is 5.56 Å². The first-order valence-corrected chi connectivity index (χ1v) is 9.37. The van der Waals surface area contributed by atoms with E-state index in [9.17, 15) is 0 Å². The van der Waals surface area contributed by atoms with Crippen LogP contribution < -0.4 is 5.46 Å². The van der Waals surface area contributed by atoms with E-state index in [2.05, 4.69) is 74.8 Å². The highest BCUT2D eigenvalue weighted by Crippen LogP contribution is 2.36. The molecule has 0 N–H and O–H groups in total. The van der Waals surface area contributed by atoms with Crippen LogP contribution in [0.5, 0.6) is 0 Å². The monoisotopic (exact) mass is 352 g/mol. The van der Waals surface area contributed by atoms with Gasteiger partial charge < -0.3 is 9.31 Å². The fraction of sp³-hybridized carbons (Fsp3) is 0.476. The van der Waals surface area contributed by atoms with Crippen molar-refractivity contribution in [1.82, 2.24) is 9.88 Å². The van der Waals surface area contributed by atoms with Gasteiger partial charge in [0.25, 0.3) is 0 Å². The average molecular weight is 352 g/mol. The molecule has 2 heterocycles. The first kappa shape index (κ1) is 19.1. The normalized spacial score (nSPS) is 18.5. The predicted molar refractivity (Wildman–Crippen MR) is 106 cm³/mol. The molecule has 0 spiro atoms. The van der Waals surface area contributed by atoms with E-state index >= 15 is 0 Å². The Morgan fingerprint density at radius 1 is 0.923 bits per heavy atom. The van der Waals surface area contributed by atoms with Crippen molar-refractivity contribution in [2.75, 3.05) is 6.54 Å². The van der Waals surface area contributed by atoms with Gasteiger partial charge in [-0.3, -0.25) is 9.88 Å². The maximum atomic E-state index is 6.13. The summed E-state index contributed by atoms with van der Waals surface area (Å²) in [6.45, 7) is 13.2. The van der Waals surface area contributed by atoms with Gasteiger partial charge >= 0.3 is 7.12 Å². The van der Waals surface area contributed by atoms with Gasteiger partial charge in [-0.15, -0.1) is 0 Å². The molecule has 0 bridgehead atoms. The molecule has 1 aromatic carbocycles. The fourth-order valence-electron chi connectivity index (χ4n) is 3.02. The molecule has 1 saturated heterocycles. The second kappa shape index (κ2) is 7.51. The Labute approximate surface area is 157 Å². The van der Waals surface area contributed by atoms with Gasteiger partial charge in [-0.2, -0.15) is 0 Å². The van der Waals surface area contributed by atoms with Crippen molar-refractivity contribution in [3.05, 3.63) is 59.9 Å². The highest BCUT2D eigenvalue weighted by atomic mass is 16.7. The van der Waals surface area contributed by atoms with Crippen molar-refractivity contribution in [3.8, 4) is 0 Å². The summed E-state index contributed by atoms with van der Waals surface area (Å²) in [7, 11) is -0.301. The van der Waals surface area contributed by atoms with Crippen molar-refractivity contribution in [3.63, 3.8) is 0 Å². The van der Waals surface area contributed by atoms with Crippen molar-refractivity contribution in [2.24, 2.45) is 0 Å². The standard InChI is InChI=1S/C21H29BN2O2/c1-6-24(16-19-9-7-8-14-23-19)15-17-10-12-18(13-11-17)22-25-20(2,3)21(4,5)26-22/h7-14H,6,15-16H2,1-5H3. The zero-order valence-corrected chi connectivity index (χ0v) is 16.5. The van der Waals surface area contributed by atoms with Crippen LogP contribution in [-0.2, 0) is 22.4 Å². The van der Waals surface area contributed by atoms with Crippen LogP contribution in [0.4, 0.5) is 0 Å². The Morgan fingerprint density at radius 2 is 1.58 bits per heavy atom. The van der Waals surface area contributed by atoms with E-state index in [1.54, 1.807) is 0 Å². The minimum Gasteiger partial charge on any atom is -0.399 e. The van der Waals surface area contributed by atoms with Crippen LogP contribution in [0.25, 0.3) is 0 Å². The zero-order chi connectivity index (χ0) is 18.8. The summed E-state index contributed by atoms with van der Waals surface area (Å²) in [6, 6.07) is 14.6. The number of benzene rings is 1. The molecule has 0 aliphatic carbocycles. The number of pyridine rings is 1. The molecule has 0 atom stereocenters. The molecule has 138 valence electrons. The summed E-state index contributed by atoms with van der Waals surface area (Å²) in [5.74, 6) is 0. The van der Waals surface area contributed by atoms with E-state index in [-0.39, 0.29) is 18.3 Å². The molecular formula is C21H29BN2O2. The molecule has 1 aliphatic heterocycles. The maximum Gasteiger partial charge on any atom is 0.494 e. The van der Waals surface area contributed by atoms with E-state index in [0.29, 0.717) is 0 Å². The summed E-state index contributed by atoms with van der Waals surface area (Å²) < 4.78 is 12.3. The molecule has 0 radical (unpaired) electrons. The van der Waals surface area contributed by atoms with Gasteiger partial charge in [-0.05, 0) is 57.4 Å². The summed E-state index contributed by atoms with van der Waals surface area (Å²) in [5, 5.41) is 0. The highest BCUT2D eigenvalue weighted by Gasteiger charge is 2.51. The molecule has 1 aliphatic rings. The largest absolute Gasteiger partial charge is 0.494 e. The Morgan fingerprint density at radius 3 is 2.12 bits per heavy atom. The molecular weight excluding hydrogens is 323 g/mol. The number of rotatable bonds is 6. The molecule has 1 aromatic heterocycles. The minimum atomic E-state index is -0.308. The lowest BCUT2D eigenvalue weighted by Gasteiger charge is -2.32. The summed E-state index contributed by atoms with van der Waals surface area (Å²) in [4.78, 5) is 6.81. The predicted octanol–water partition coefficient (Wildman–Crippen LogP) is 3.40. The first-order chi connectivity index (χ1) is 12.3. The van der Waals surface area contributed by atoms with Gasteiger partial charge in [0.15, 0.2) is 0 Å². The van der Waals surface area contributed by atoms with Crippen LogP contribution in [0.1, 0.15) is 45.9 Å². The lowest BCUT2D eigenvalue weighted by Crippen LogP contribution is -2.41. The summed E-state index contributed by atoms with van der Waals surface area (Å²) in [5.41, 5.74) is 2.84. The van der Waals surface area contributed by atoms with Crippen LogP contribution in [0.2, 0.25) is 0 Å². The second-order valence-electron chi connectivity index (χ2n) is 7.95. The summed E-state index contributed by atoms with van der Waals surface area (Å²) >= 11 is 0. The molecule has 0 unspecified atom stereocenters. The molecule has 3 rings (SSSR count). The molecule has 1 fully saturated rings. The molecule has 26 heavy (non-hydrogen) atoms. The number of hydrogen-bond donors (Lipinski definition) is 0. The Hall–Kier alpha value is -1.69. The van der Waals surface area contributed by atoms with Crippen LogP contribution >= 0.6 is 0 Å². The Balaban J connectivity index is 1.64. The fourth-order valence-corrected chi connectivity index (χ4v) is 3.02. The minimum absolute atomic E-state index is 0.301. The van der Waals surface area contributed by atoms with Crippen LogP contribution in [0.3, 0.4) is 0 Å². The SMILES string of the molecule is CCN(Cc1ccc(B2OC(C)(C)C(C)(C)O2)cc1)Cc1ccccn1. The molecule has 5 heteroatoms. The third kappa shape index (κ3) is 4.17. The third-order valence-corrected chi connectivity index (χ3v) is 5.47. The highest BCUT2D eigenvalue weighted by molar-refractivity contribution is 6.62. The first-order valence-electron chi connectivity index (χ1n) is 9.37. The van der Waals surface area contributed by atoms with Crippen LogP contribution in [0.15, 0.2) is 48.7 Å². The van der Waals surface area contributed by atoms with Gasteiger partial charge in [-0.1, -0.05) is 37.3 Å². The van der Waals surface area contributed by atoms with Crippen molar-refractivity contribution in [2.45, 2.75) is 58.9 Å². The average Bonchev–Trinajstić information content (AvgIpc) is 2.83. The molecule has 0 saturated carbocycles. The lowest BCUT2D eigenvalue weighted by atomic mass is 9.79. The van der Waals surface area contributed by atoms with Gasteiger partial charge in [0.2, 0.25) is 0 Å². The van der Waals surface area contributed by atoms with Gasteiger partial charge in [-0.25, -0.2) is 0 Å². The Kier molecular flexibility index (Phi) is 5.51.